The minimum Gasteiger partial charge on any atom is -0.465 e. The van der Waals surface area contributed by atoms with E-state index in [2.05, 4.69) is 28.7 Å². The summed E-state index contributed by atoms with van der Waals surface area (Å²) in [5.41, 5.74) is 2.88. The highest BCUT2D eigenvalue weighted by Gasteiger charge is 2.35. The highest BCUT2D eigenvalue weighted by molar-refractivity contribution is 14.1. The van der Waals surface area contributed by atoms with Crippen LogP contribution < -0.4 is 0 Å². The molecule has 4 heteroatoms. The van der Waals surface area contributed by atoms with Gasteiger partial charge in [-0.25, -0.2) is 4.79 Å². The Hall–Kier alpha value is -0.880. The van der Waals surface area contributed by atoms with Crippen LogP contribution >= 0.6 is 22.6 Å². The average Bonchev–Trinajstić information content (AvgIpc) is 2.88. The quantitative estimate of drug-likeness (QED) is 0.452. The van der Waals surface area contributed by atoms with Crippen LogP contribution in [0.3, 0.4) is 0 Å². The second-order valence-electron chi connectivity index (χ2n) is 3.81. The van der Waals surface area contributed by atoms with Gasteiger partial charge in [0.15, 0.2) is 0 Å². The van der Waals surface area contributed by atoms with Crippen molar-refractivity contribution in [2.75, 3.05) is 7.11 Å². The van der Waals surface area contributed by atoms with Crippen LogP contribution in [-0.2, 0) is 9.47 Å². The molecule has 0 aromatic heterocycles. The lowest BCUT2D eigenvalue weighted by atomic mass is 9.95. The molecule has 1 aromatic carbocycles. The summed E-state index contributed by atoms with van der Waals surface area (Å²) in [6.07, 6.45) is 4.17. The average molecular weight is 328 g/mol. The largest absolute Gasteiger partial charge is 0.465 e. The van der Waals surface area contributed by atoms with Crippen molar-refractivity contribution in [2.45, 2.75) is 12.2 Å². The summed E-state index contributed by atoms with van der Waals surface area (Å²) in [4.78, 5) is 11.5. The number of methoxy groups -OCH3 is 1. The third kappa shape index (κ3) is 1.33. The number of hydrogen-bond donors (Lipinski definition) is 0. The van der Waals surface area contributed by atoms with Crippen LogP contribution in [0.2, 0.25) is 0 Å². The molecule has 3 rings (SSSR count). The Morgan fingerprint density at radius 1 is 1.38 bits per heavy atom. The van der Waals surface area contributed by atoms with Crippen LogP contribution in [0.4, 0.5) is 0 Å². The van der Waals surface area contributed by atoms with E-state index >= 15 is 0 Å². The second kappa shape index (κ2) is 3.56. The molecule has 0 N–H and O–H groups in total. The van der Waals surface area contributed by atoms with Gasteiger partial charge in [-0.3, -0.25) is 0 Å². The predicted octanol–water partition coefficient (Wildman–Crippen LogP) is 2.76. The zero-order valence-electron chi connectivity index (χ0n) is 8.57. The van der Waals surface area contributed by atoms with E-state index in [0.717, 1.165) is 9.13 Å². The van der Waals surface area contributed by atoms with E-state index in [1.165, 1.54) is 12.7 Å². The number of ether oxygens (including phenoxy) is 2. The first-order valence-electron chi connectivity index (χ1n) is 4.96. The lowest BCUT2D eigenvalue weighted by Crippen LogP contribution is -2.05. The van der Waals surface area contributed by atoms with Crippen molar-refractivity contribution in [1.82, 2.24) is 0 Å². The molecule has 2 aliphatic rings. The highest BCUT2D eigenvalue weighted by atomic mass is 127. The van der Waals surface area contributed by atoms with E-state index in [1.54, 1.807) is 0 Å². The van der Waals surface area contributed by atoms with Crippen LogP contribution in [-0.4, -0.2) is 13.1 Å². The molecule has 0 spiro atoms. The molecule has 2 heterocycles. The Morgan fingerprint density at radius 3 is 2.88 bits per heavy atom. The molecule has 0 saturated carbocycles. The molecule has 0 amide bonds. The van der Waals surface area contributed by atoms with E-state index < -0.39 is 0 Å². The first kappa shape index (κ1) is 10.3. The maximum Gasteiger partial charge on any atom is 0.337 e. The molecule has 2 atom stereocenters. The molecule has 82 valence electrons. The van der Waals surface area contributed by atoms with Gasteiger partial charge >= 0.3 is 5.97 Å². The molecule has 0 saturated heterocycles. The summed E-state index contributed by atoms with van der Waals surface area (Å²) in [7, 11) is 1.39. The number of benzene rings is 1. The summed E-state index contributed by atoms with van der Waals surface area (Å²) < 4.78 is 11.5. The van der Waals surface area contributed by atoms with Gasteiger partial charge in [-0.1, -0.05) is 12.2 Å². The zero-order chi connectivity index (χ0) is 11.3. The fourth-order valence-corrected chi connectivity index (χ4v) is 3.16. The lowest BCUT2D eigenvalue weighted by Gasteiger charge is -2.11. The number of rotatable bonds is 1. The number of hydrogen-bond acceptors (Lipinski definition) is 3. The summed E-state index contributed by atoms with van der Waals surface area (Å²) in [5, 5.41) is 0. The number of halogens is 1. The van der Waals surface area contributed by atoms with E-state index in [-0.39, 0.29) is 18.2 Å². The van der Waals surface area contributed by atoms with E-state index in [1.807, 2.05) is 18.2 Å². The van der Waals surface area contributed by atoms with E-state index in [4.69, 9.17) is 9.47 Å². The van der Waals surface area contributed by atoms with Crippen LogP contribution in [0.15, 0.2) is 24.3 Å². The molecule has 1 aromatic rings. The Kier molecular flexibility index (Phi) is 2.29. The van der Waals surface area contributed by atoms with Gasteiger partial charge < -0.3 is 9.47 Å². The summed E-state index contributed by atoms with van der Waals surface area (Å²) >= 11 is 2.24. The van der Waals surface area contributed by atoms with Crippen LogP contribution in [0.1, 0.15) is 33.7 Å². The van der Waals surface area contributed by atoms with E-state index in [0.29, 0.717) is 5.56 Å². The van der Waals surface area contributed by atoms with Gasteiger partial charge in [0.2, 0.25) is 0 Å². The van der Waals surface area contributed by atoms with E-state index in [9.17, 15) is 4.79 Å². The molecule has 0 aliphatic carbocycles. The van der Waals surface area contributed by atoms with Crippen LogP contribution in [0, 0.1) is 3.57 Å². The molecule has 0 fully saturated rings. The van der Waals surface area contributed by atoms with Crippen molar-refractivity contribution in [1.29, 1.82) is 0 Å². The first-order chi connectivity index (χ1) is 7.70. The molecular weight excluding hydrogens is 319 g/mol. The Bertz CT molecular complexity index is 507. The van der Waals surface area contributed by atoms with Crippen molar-refractivity contribution >= 4 is 28.6 Å². The van der Waals surface area contributed by atoms with Crippen molar-refractivity contribution in [3.63, 3.8) is 0 Å². The van der Waals surface area contributed by atoms with Gasteiger partial charge in [0.05, 0.1) is 12.7 Å². The van der Waals surface area contributed by atoms with Crippen molar-refractivity contribution in [2.24, 2.45) is 0 Å². The third-order valence-corrected chi connectivity index (χ3v) is 3.82. The minimum atomic E-state index is -0.299. The molecule has 0 radical (unpaired) electrons. The highest BCUT2D eigenvalue weighted by Crippen LogP contribution is 2.47. The topological polar surface area (TPSA) is 35.5 Å². The second-order valence-corrected chi connectivity index (χ2v) is 4.98. The lowest BCUT2D eigenvalue weighted by molar-refractivity contribution is 0.0600. The number of carbonyl (C=O) groups excluding carboxylic acids is 1. The first-order valence-corrected chi connectivity index (χ1v) is 6.04. The molecule has 2 unspecified atom stereocenters. The zero-order valence-corrected chi connectivity index (χ0v) is 10.7. The monoisotopic (exact) mass is 328 g/mol. The smallest absolute Gasteiger partial charge is 0.337 e. The van der Waals surface area contributed by atoms with Crippen molar-refractivity contribution < 1.29 is 14.3 Å². The fourth-order valence-electron chi connectivity index (χ4n) is 2.20. The van der Waals surface area contributed by atoms with Gasteiger partial charge in [-0.15, -0.1) is 0 Å². The van der Waals surface area contributed by atoms with Crippen molar-refractivity contribution in [3.8, 4) is 0 Å². The maximum absolute atomic E-state index is 11.5. The van der Waals surface area contributed by atoms with Gasteiger partial charge in [0.1, 0.15) is 12.2 Å². The fraction of sp³-hybridized carbons (Fsp3) is 0.250. The molecule has 2 bridgehead atoms. The van der Waals surface area contributed by atoms with Crippen molar-refractivity contribution in [3.05, 3.63) is 44.5 Å². The Morgan fingerprint density at radius 2 is 2.12 bits per heavy atom. The number of esters is 1. The molecule has 16 heavy (non-hydrogen) atoms. The van der Waals surface area contributed by atoms with Gasteiger partial charge in [-0.05, 0) is 40.3 Å². The standard InChI is InChI=1S/C12H9IO3/c1-15-12(14)6-4-7-9-2-3-10(16-9)11(7)8(13)5-6/h2-5,9-10H,1H3. The van der Waals surface area contributed by atoms with Gasteiger partial charge in [0.25, 0.3) is 0 Å². The summed E-state index contributed by atoms with van der Waals surface area (Å²) in [5.74, 6) is -0.299. The minimum absolute atomic E-state index is 0.0122. The SMILES string of the molecule is COC(=O)c1cc(I)c2c(c1)C1C=CC2O1. The summed E-state index contributed by atoms with van der Waals surface area (Å²) in [6, 6.07) is 3.72. The summed E-state index contributed by atoms with van der Waals surface area (Å²) in [6.45, 7) is 0. The maximum atomic E-state index is 11.5. The normalized spacial score (nSPS) is 24.6. The predicted molar refractivity (Wildman–Crippen MR) is 66.2 cm³/mol. The molecular formula is C12H9IO3. The van der Waals surface area contributed by atoms with Crippen LogP contribution in [0.5, 0.6) is 0 Å². The van der Waals surface area contributed by atoms with Gasteiger partial charge in [0, 0.05) is 9.13 Å². The van der Waals surface area contributed by atoms with Gasteiger partial charge in [-0.2, -0.15) is 0 Å². The Balaban J connectivity index is 2.14. The number of carbonyl (C=O) groups is 1. The van der Waals surface area contributed by atoms with Crippen LogP contribution in [0.25, 0.3) is 0 Å². The Labute approximate surface area is 107 Å². The number of fused-ring (bicyclic) bond motifs is 5. The molecule has 3 nitrogen and oxygen atoms in total. The third-order valence-electron chi connectivity index (χ3n) is 2.93. The molecule has 2 aliphatic heterocycles.